The molecule has 0 radical (unpaired) electrons. The van der Waals surface area contributed by atoms with Crippen LogP contribution in [0, 0.1) is 5.82 Å². The van der Waals surface area contributed by atoms with Crippen molar-refractivity contribution in [2.75, 3.05) is 5.32 Å². The van der Waals surface area contributed by atoms with Crippen LogP contribution < -0.4 is 10.9 Å². The molecule has 1 unspecified atom stereocenters. The third-order valence-corrected chi connectivity index (χ3v) is 5.12. The Bertz CT molecular complexity index is 1210. The van der Waals surface area contributed by atoms with Crippen LogP contribution >= 0.6 is 11.6 Å². The highest BCUT2D eigenvalue weighted by molar-refractivity contribution is 6.30. The molecule has 8 heteroatoms. The average Bonchev–Trinajstić information content (AvgIpc) is 2.71. The first kappa shape index (κ1) is 22.2. The topological polar surface area (TPSA) is 83.7 Å². The minimum atomic E-state index is -0.547. The van der Waals surface area contributed by atoms with Crippen LogP contribution in [0.1, 0.15) is 36.0 Å². The lowest BCUT2D eigenvalue weighted by atomic mass is 9.85. The summed E-state index contributed by atoms with van der Waals surface area (Å²) in [5.74, 6) is -1.27. The van der Waals surface area contributed by atoms with E-state index in [-0.39, 0.29) is 28.6 Å². The Hall–Kier alpha value is -3.45. The Morgan fingerprint density at radius 2 is 2.00 bits per heavy atom. The molecule has 0 saturated heterocycles. The third-order valence-electron chi connectivity index (χ3n) is 4.88. The number of hydrogen-bond donors (Lipinski definition) is 2. The molecule has 6 nitrogen and oxygen atoms in total. The SMILES string of the molecule is CC(=O)Nc1cccc(C(C/C(=N/O)c2ccc(=O)n(C)c2)c2ccc(Cl)cc2F)c1. The number of carbonyl (C=O) groups excluding carboxylic acids is 1. The van der Waals surface area contributed by atoms with Gasteiger partial charge in [-0.2, -0.15) is 0 Å². The summed E-state index contributed by atoms with van der Waals surface area (Å²) in [5, 5.41) is 16.1. The molecule has 2 N–H and O–H groups in total. The maximum atomic E-state index is 14.9. The molecule has 0 bridgehead atoms. The summed E-state index contributed by atoms with van der Waals surface area (Å²) in [7, 11) is 1.59. The first-order valence-electron chi connectivity index (χ1n) is 9.49. The molecule has 0 aliphatic rings. The van der Waals surface area contributed by atoms with Gasteiger partial charge in [-0.25, -0.2) is 4.39 Å². The molecule has 0 spiro atoms. The standard InChI is InChI=1S/C23H21ClFN3O3/c1-14(29)26-18-5-3-4-15(10-18)20(19-8-7-17(24)11-21(19)25)12-22(27-31)16-6-9-23(30)28(2)13-16/h3-11,13,20,31H,12H2,1-2H3,(H,26,29)/b27-22-. The molecule has 3 aromatic rings. The van der Waals surface area contributed by atoms with Crippen molar-refractivity contribution in [1.82, 2.24) is 4.57 Å². The molecule has 31 heavy (non-hydrogen) atoms. The van der Waals surface area contributed by atoms with Crippen molar-refractivity contribution < 1.29 is 14.4 Å². The maximum absolute atomic E-state index is 14.9. The second-order valence-corrected chi connectivity index (χ2v) is 7.58. The maximum Gasteiger partial charge on any atom is 0.250 e. The van der Waals surface area contributed by atoms with E-state index in [9.17, 15) is 19.2 Å². The number of rotatable bonds is 6. The monoisotopic (exact) mass is 441 g/mol. The normalized spacial score (nSPS) is 12.5. The largest absolute Gasteiger partial charge is 0.411 e. The molecule has 2 aromatic carbocycles. The highest BCUT2D eigenvalue weighted by Gasteiger charge is 2.22. The van der Waals surface area contributed by atoms with Gasteiger partial charge in [0.1, 0.15) is 5.82 Å². The molecule has 160 valence electrons. The van der Waals surface area contributed by atoms with Gasteiger partial charge in [0.25, 0.3) is 0 Å². The summed E-state index contributed by atoms with van der Waals surface area (Å²) in [5.41, 5.74) is 2.23. The van der Waals surface area contributed by atoms with Gasteiger partial charge in [0, 0.05) is 54.8 Å². The second-order valence-electron chi connectivity index (χ2n) is 7.14. The molecule has 0 saturated carbocycles. The van der Waals surface area contributed by atoms with Crippen LogP contribution in [-0.4, -0.2) is 21.4 Å². The molecular weight excluding hydrogens is 421 g/mol. The van der Waals surface area contributed by atoms with Gasteiger partial charge in [-0.1, -0.05) is 35.0 Å². The molecule has 0 aliphatic carbocycles. The smallest absolute Gasteiger partial charge is 0.250 e. The van der Waals surface area contributed by atoms with Crippen LogP contribution in [0.4, 0.5) is 10.1 Å². The molecule has 3 rings (SSSR count). The number of amides is 1. The second kappa shape index (κ2) is 9.57. The van der Waals surface area contributed by atoms with Crippen molar-refractivity contribution in [1.29, 1.82) is 0 Å². The predicted molar refractivity (Wildman–Crippen MR) is 119 cm³/mol. The quantitative estimate of drug-likeness (QED) is 0.334. The van der Waals surface area contributed by atoms with E-state index < -0.39 is 11.7 Å². The number of aromatic nitrogens is 1. The van der Waals surface area contributed by atoms with E-state index in [0.717, 1.165) is 0 Å². The zero-order chi connectivity index (χ0) is 22.5. The van der Waals surface area contributed by atoms with Gasteiger partial charge in [-0.3, -0.25) is 9.59 Å². The highest BCUT2D eigenvalue weighted by Crippen LogP contribution is 2.33. The van der Waals surface area contributed by atoms with Gasteiger partial charge in [0.15, 0.2) is 0 Å². The van der Waals surface area contributed by atoms with Crippen LogP contribution in [0.25, 0.3) is 0 Å². The summed E-state index contributed by atoms with van der Waals surface area (Å²) in [4.78, 5) is 23.2. The number of aryl methyl sites for hydroxylation is 1. The third kappa shape index (κ3) is 5.38. The van der Waals surface area contributed by atoms with E-state index in [0.29, 0.717) is 22.4 Å². The Morgan fingerprint density at radius 1 is 1.23 bits per heavy atom. The van der Waals surface area contributed by atoms with Crippen molar-refractivity contribution in [2.45, 2.75) is 19.3 Å². The number of carbonyl (C=O) groups is 1. The summed E-state index contributed by atoms with van der Waals surface area (Å²) < 4.78 is 16.2. The Kier molecular flexibility index (Phi) is 6.87. The van der Waals surface area contributed by atoms with Gasteiger partial charge in [-0.05, 0) is 41.5 Å². The summed E-state index contributed by atoms with van der Waals surface area (Å²) in [6.07, 6.45) is 1.69. The van der Waals surface area contributed by atoms with Gasteiger partial charge in [0.2, 0.25) is 11.5 Å². The van der Waals surface area contributed by atoms with Crippen LogP contribution in [0.15, 0.2) is 70.7 Å². The molecule has 1 atom stereocenters. The minimum absolute atomic E-state index is 0.136. The van der Waals surface area contributed by atoms with E-state index in [4.69, 9.17) is 11.6 Å². The first-order chi connectivity index (χ1) is 14.8. The fourth-order valence-electron chi connectivity index (χ4n) is 3.40. The van der Waals surface area contributed by atoms with E-state index >= 15 is 0 Å². The molecule has 1 amide bonds. The summed E-state index contributed by atoms with van der Waals surface area (Å²) >= 11 is 5.93. The predicted octanol–water partition coefficient (Wildman–Crippen LogP) is 4.54. The van der Waals surface area contributed by atoms with E-state index in [2.05, 4.69) is 10.5 Å². The number of pyridine rings is 1. The fraction of sp³-hybridized carbons (Fsp3) is 0.174. The number of oxime groups is 1. The lowest BCUT2D eigenvalue weighted by Crippen LogP contribution is -2.18. The van der Waals surface area contributed by atoms with Crippen LogP contribution in [0.5, 0.6) is 0 Å². The first-order valence-corrected chi connectivity index (χ1v) is 9.86. The van der Waals surface area contributed by atoms with Crippen molar-refractivity contribution in [3.05, 3.63) is 98.7 Å². The van der Waals surface area contributed by atoms with E-state index in [1.165, 1.54) is 23.6 Å². The number of anilines is 1. The van der Waals surface area contributed by atoms with Gasteiger partial charge >= 0.3 is 0 Å². The molecule has 0 aliphatic heterocycles. The number of nitrogens with zero attached hydrogens (tertiary/aromatic N) is 2. The van der Waals surface area contributed by atoms with Crippen LogP contribution in [0.2, 0.25) is 5.02 Å². The van der Waals surface area contributed by atoms with Gasteiger partial charge in [-0.15, -0.1) is 0 Å². The molecule has 1 aromatic heterocycles. The van der Waals surface area contributed by atoms with Gasteiger partial charge in [0.05, 0.1) is 5.71 Å². The minimum Gasteiger partial charge on any atom is -0.411 e. The molecule has 1 heterocycles. The lowest BCUT2D eigenvalue weighted by Gasteiger charge is -2.20. The van der Waals surface area contributed by atoms with Crippen molar-refractivity contribution in [3.8, 4) is 0 Å². The van der Waals surface area contributed by atoms with Crippen molar-refractivity contribution in [3.63, 3.8) is 0 Å². The zero-order valence-electron chi connectivity index (χ0n) is 17.0. The molecular formula is C23H21ClFN3O3. The Labute approximate surface area is 183 Å². The van der Waals surface area contributed by atoms with E-state index in [1.54, 1.807) is 55.7 Å². The Balaban J connectivity index is 2.08. The fourth-order valence-corrected chi connectivity index (χ4v) is 3.56. The van der Waals surface area contributed by atoms with E-state index in [1.807, 2.05) is 0 Å². The molecule has 0 fully saturated rings. The highest BCUT2D eigenvalue weighted by atomic mass is 35.5. The van der Waals surface area contributed by atoms with Crippen molar-refractivity contribution >= 4 is 28.9 Å². The van der Waals surface area contributed by atoms with Crippen LogP contribution in [-0.2, 0) is 11.8 Å². The number of halogens is 2. The zero-order valence-corrected chi connectivity index (χ0v) is 17.7. The number of nitrogens with one attached hydrogen (secondary N) is 1. The van der Waals surface area contributed by atoms with Crippen LogP contribution in [0.3, 0.4) is 0 Å². The summed E-state index contributed by atoms with van der Waals surface area (Å²) in [6, 6.07) is 14.4. The number of hydrogen-bond acceptors (Lipinski definition) is 4. The average molecular weight is 442 g/mol. The summed E-state index contributed by atoms with van der Waals surface area (Å²) in [6.45, 7) is 1.40. The number of benzene rings is 2. The lowest BCUT2D eigenvalue weighted by molar-refractivity contribution is -0.114. The van der Waals surface area contributed by atoms with Crippen molar-refractivity contribution in [2.24, 2.45) is 12.2 Å². The van der Waals surface area contributed by atoms with Gasteiger partial charge < -0.3 is 15.1 Å². The Morgan fingerprint density at radius 3 is 2.65 bits per heavy atom.